The Labute approximate surface area is 121 Å². The van der Waals surface area contributed by atoms with Gasteiger partial charge in [-0.3, -0.25) is 4.79 Å². The topological polar surface area (TPSA) is 63.2 Å². The predicted molar refractivity (Wildman–Crippen MR) is 76.5 cm³/mol. The van der Waals surface area contributed by atoms with Gasteiger partial charge in [0.1, 0.15) is 0 Å². The van der Waals surface area contributed by atoms with Gasteiger partial charge in [0.2, 0.25) is 5.91 Å². The second-order valence-electron chi connectivity index (χ2n) is 4.88. The van der Waals surface area contributed by atoms with Crippen molar-refractivity contribution in [1.29, 1.82) is 0 Å². The van der Waals surface area contributed by atoms with Gasteiger partial charge in [-0.1, -0.05) is 22.9 Å². The molecule has 1 N–H and O–H groups in total. The Morgan fingerprint density at radius 3 is 2.47 bits per heavy atom. The van der Waals surface area contributed by atoms with E-state index in [1.807, 2.05) is 6.92 Å². The third-order valence-electron chi connectivity index (χ3n) is 3.29. The lowest BCUT2D eigenvalue weighted by Gasteiger charge is -2.06. The van der Waals surface area contributed by atoms with E-state index < -0.39 is 9.84 Å². The summed E-state index contributed by atoms with van der Waals surface area (Å²) in [5, 5.41) is 2.68. The zero-order chi connectivity index (χ0) is 14.0. The van der Waals surface area contributed by atoms with E-state index in [9.17, 15) is 13.2 Å². The number of nitrogens with one attached hydrogen (secondary N) is 1. The van der Waals surface area contributed by atoms with Gasteiger partial charge in [0.05, 0.1) is 10.6 Å². The molecule has 1 aliphatic carbocycles. The first-order valence-electron chi connectivity index (χ1n) is 6.16. The van der Waals surface area contributed by atoms with E-state index in [0.29, 0.717) is 5.92 Å². The van der Waals surface area contributed by atoms with E-state index in [0.717, 1.165) is 10.9 Å². The molecule has 0 saturated heterocycles. The summed E-state index contributed by atoms with van der Waals surface area (Å²) in [6.45, 7) is 2.18. The lowest BCUT2D eigenvalue weighted by atomic mass is 10.3. The van der Waals surface area contributed by atoms with E-state index in [2.05, 4.69) is 21.2 Å². The zero-order valence-corrected chi connectivity index (χ0v) is 13.0. The Hall–Kier alpha value is -0.880. The lowest BCUT2D eigenvalue weighted by Crippen LogP contribution is -2.30. The molecule has 0 unspecified atom stereocenters. The van der Waals surface area contributed by atoms with Gasteiger partial charge in [-0.2, -0.15) is 0 Å². The van der Waals surface area contributed by atoms with Crippen molar-refractivity contribution in [3.05, 3.63) is 28.7 Å². The van der Waals surface area contributed by atoms with Crippen LogP contribution in [0.15, 0.2) is 33.6 Å². The minimum Gasteiger partial charge on any atom is -0.355 e. The van der Waals surface area contributed by atoms with E-state index in [1.165, 1.54) is 0 Å². The molecule has 1 aromatic rings. The van der Waals surface area contributed by atoms with Crippen molar-refractivity contribution in [2.45, 2.75) is 18.2 Å². The molecule has 0 radical (unpaired) electrons. The van der Waals surface area contributed by atoms with Crippen molar-refractivity contribution in [3.8, 4) is 0 Å². The van der Waals surface area contributed by atoms with Gasteiger partial charge in [-0.05, 0) is 36.6 Å². The highest BCUT2D eigenvalue weighted by Crippen LogP contribution is 2.37. The molecule has 0 aromatic heterocycles. The number of benzene rings is 1. The molecular formula is C13H16BrNO3S. The quantitative estimate of drug-likeness (QED) is 0.887. The van der Waals surface area contributed by atoms with E-state index in [4.69, 9.17) is 0 Å². The summed E-state index contributed by atoms with van der Waals surface area (Å²) in [5.41, 5.74) is 0. The lowest BCUT2D eigenvalue weighted by molar-refractivity contribution is -0.122. The Kier molecular flexibility index (Phi) is 4.30. The Morgan fingerprint density at radius 1 is 1.37 bits per heavy atom. The maximum absolute atomic E-state index is 12.0. The molecule has 19 heavy (non-hydrogen) atoms. The summed E-state index contributed by atoms with van der Waals surface area (Å²) >= 11 is 3.26. The molecule has 1 amide bonds. The molecule has 6 heteroatoms. The van der Waals surface area contributed by atoms with Crippen LogP contribution in [0.2, 0.25) is 0 Å². The summed E-state index contributed by atoms with van der Waals surface area (Å²) in [4.78, 5) is 11.9. The van der Waals surface area contributed by atoms with E-state index in [1.54, 1.807) is 24.3 Å². The Morgan fingerprint density at radius 2 is 1.95 bits per heavy atom. The molecule has 2 rings (SSSR count). The molecule has 1 fully saturated rings. The SMILES string of the molecule is C[C@H]1C[C@H]1C(=O)NCCS(=O)(=O)c1ccc(Br)cc1. The van der Waals surface area contributed by atoms with Gasteiger partial charge in [-0.25, -0.2) is 8.42 Å². The van der Waals surface area contributed by atoms with Crippen LogP contribution >= 0.6 is 15.9 Å². The monoisotopic (exact) mass is 345 g/mol. The van der Waals surface area contributed by atoms with Gasteiger partial charge in [-0.15, -0.1) is 0 Å². The van der Waals surface area contributed by atoms with Crippen molar-refractivity contribution in [2.75, 3.05) is 12.3 Å². The van der Waals surface area contributed by atoms with Crippen LogP contribution in [0.5, 0.6) is 0 Å². The van der Waals surface area contributed by atoms with Gasteiger partial charge in [0.25, 0.3) is 0 Å². The Balaban J connectivity index is 1.87. The fraction of sp³-hybridized carbons (Fsp3) is 0.462. The normalized spacial score (nSPS) is 22.0. The van der Waals surface area contributed by atoms with Crippen LogP contribution < -0.4 is 5.32 Å². The maximum atomic E-state index is 12.0. The molecule has 1 saturated carbocycles. The van der Waals surface area contributed by atoms with Crippen LogP contribution in [0.3, 0.4) is 0 Å². The summed E-state index contributed by atoms with van der Waals surface area (Å²) in [7, 11) is -3.33. The maximum Gasteiger partial charge on any atom is 0.223 e. The number of rotatable bonds is 5. The molecule has 4 nitrogen and oxygen atoms in total. The molecule has 0 heterocycles. The first-order valence-corrected chi connectivity index (χ1v) is 8.61. The number of hydrogen-bond donors (Lipinski definition) is 1. The highest BCUT2D eigenvalue weighted by atomic mass is 79.9. The Bertz CT molecular complexity index is 568. The number of sulfone groups is 1. The number of amides is 1. The van der Waals surface area contributed by atoms with Gasteiger partial charge < -0.3 is 5.32 Å². The summed E-state index contributed by atoms with van der Waals surface area (Å²) in [6.07, 6.45) is 0.908. The molecule has 1 aromatic carbocycles. The van der Waals surface area contributed by atoms with Crippen LogP contribution in [0.25, 0.3) is 0 Å². The van der Waals surface area contributed by atoms with Crippen molar-refractivity contribution >= 4 is 31.7 Å². The minimum atomic E-state index is -3.33. The molecule has 104 valence electrons. The molecule has 1 aliphatic rings. The molecule has 0 bridgehead atoms. The zero-order valence-electron chi connectivity index (χ0n) is 10.6. The second-order valence-corrected chi connectivity index (χ2v) is 7.91. The summed E-state index contributed by atoms with van der Waals surface area (Å²) in [5.74, 6) is 0.415. The first kappa shape index (κ1) is 14.5. The van der Waals surface area contributed by atoms with Gasteiger partial charge in [0, 0.05) is 16.9 Å². The highest BCUT2D eigenvalue weighted by Gasteiger charge is 2.38. The van der Waals surface area contributed by atoms with Crippen LogP contribution in [-0.4, -0.2) is 26.6 Å². The molecule has 2 atom stereocenters. The van der Waals surface area contributed by atoms with Crippen molar-refractivity contribution in [1.82, 2.24) is 5.32 Å². The second kappa shape index (κ2) is 5.63. The fourth-order valence-corrected chi connectivity index (χ4v) is 3.31. The molecule has 0 spiro atoms. The molecular weight excluding hydrogens is 330 g/mol. The predicted octanol–water partition coefficient (Wildman–Crippen LogP) is 1.99. The number of carbonyl (C=O) groups excluding carboxylic acids is 1. The third-order valence-corrected chi connectivity index (χ3v) is 5.55. The number of hydrogen-bond acceptors (Lipinski definition) is 3. The highest BCUT2D eigenvalue weighted by molar-refractivity contribution is 9.10. The van der Waals surface area contributed by atoms with Gasteiger partial charge in [0.15, 0.2) is 9.84 Å². The standard InChI is InChI=1S/C13H16BrNO3S/c1-9-8-12(9)13(16)15-6-7-19(17,18)11-4-2-10(14)3-5-11/h2-5,9,12H,6-8H2,1H3,(H,15,16)/t9-,12+/m0/s1. The van der Waals surface area contributed by atoms with Crippen molar-refractivity contribution in [3.63, 3.8) is 0 Å². The largest absolute Gasteiger partial charge is 0.355 e. The van der Waals surface area contributed by atoms with E-state index in [-0.39, 0.29) is 29.0 Å². The molecule has 0 aliphatic heterocycles. The van der Waals surface area contributed by atoms with Crippen LogP contribution in [0.1, 0.15) is 13.3 Å². The summed E-state index contributed by atoms with van der Waals surface area (Å²) in [6, 6.07) is 6.50. The van der Waals surface area contributed by atoms with Crippen LogP contribution in [0, 0.1) is 11.8 Å². The van der Waals surface area contributed by atoms with Crippen LogP contribution in [0.4, 0.5) is 0 Å². The van der Waals surface area contributed by atoms with Crippen molar-refractivity contribution in [2.24, 2.45) is 11.8 Å². The van der Waals surface area contributed by atoms with Crippen LogP contribution in [-0.2, 0) is 14.6 Å². The fourth-order valence-electron chi connectivity index (χ4n) is 1.89. The van der Waals surface area contributed by atoms with Crippen molar-refractivity contribution < 1.29 is 13.2 Å². The third kappa shape index (κ3) is 3.79. The van der Waals surface area contributed by atoms with Gasteiger partial charge >= 0.3 is 0 Å². The number of carbonyl (C=O) groups is 1. The minimum absolute atomic E-state index is 0.0292. The first-order chi connectivity index (χ1) is 8.90. The summed E-state index contributed by atoms with van der Waals surface area (Å²) < 4.78 is 24.9. The average molecular weight is 346 g/mol. The van der Waals surface area contributed by atoms with E-state index >= 15 is 0 Å². The number of halogens is 1. The smallest absolute Gasteiger partial charge is 0.223 e. The average Bonchev–Trinajstić information content (AvgIpc) is 3.07.